The van der Waals surface area contributed by atoms with Crippen molar-refractivity contribution in [2.24, 2.45) is 0 Å². The Morgan fingerprint density at radius 2 is 1.96 bits per heavy atom. The number of carbonyl (C=O) groups is 1. The maximum atomic E-state index is 12.3. The number of fused-ring (bicyclic) bond motifs is 1. The summed E-state index contributed by atoms with van der Waals surface area (Å²) < 4.78 is 23.8. The quantitative estimate of drug-likeness (QED) is 0.660. The maximum Gasteiger partial charge on any atom is 0.266 e. The number of nitrogens with one attached hydrogen (secondary N) is 1. The molecule has 2 aromatic carbocycles. The van der Waals surface area contributed by atoms with Gasteiger partial charge in [-0.25, -0.2) is 8.42 Å². The van der Waals surface area contributed by atoms with Crippen LogP contribution in [0.2, 0.25) is 5.02 Å². The average molecular weight is 371 g/mol. The van der Waals surface area contributed by atoms with Crippen LogP contribution in [0.1, 0.15) is 11.1 Å². The summed E-state index contributed by atoms with van der Waals surface area (Å²) in [6.45, 7) is 0. The van der Waals surface area contributed by atoms with Crippen LogP contribution in [0, 0.1) is 11.3 Å². The van der Waals surface area contributed by atoms with Gasteiger partial charge in [-0.2, -0.15) is 5.26 Å². The largest absolute Gasteiger partial charge is 0.321 e. The molecule has 1 amide bonds. The van der Waals surface area contributed by atoms with Crippen LogP contribution in [-0.2, 0) is 14.6 Å². The normalized spacial score (nSPS) is 14.6. The number of sulfone groups is 1. The SMILES string of the molecule is N#C/C(=C\c1ccccc1Cl)C(=O)Nc1ccc2c(c1)S(=O)(=O)C=C2. The smallest absolute Gasteiger partial charge is 0.266 e. The summed E-state index contributed by atoms with van der Waals surface area (Å²) in [7, 11) is -3.47. The second-order valence-corrected chi connectivity index (χ2v) is 7.46. The summed E-state index contributed by atoms with van der Waals surface area (Å²) in [5.41, 5.74) is 1.24. The highest BCUT2D eigenvalue weighted by molar-refractivity contribution is 7.94. The zero-order chi connectivity index (χ0) is 18.0. The second-order valence-electron chi connectivity index (χ2n) is 5.25. The lowest BCUT2D eigenvalue weighted by Gasteiger charge is -2.07. The summed E-state index contributed by atoms with van der Waals surface area (Å²) in [4.78, 5) is 12.4. The number of hydrogen-bond acceptors (Lipinski definition) is 4. The van der Waals surface area contributed by atoms with Gasteiger partial charge in [0.25, 0.3) is 5.91 Å². The van der Waals surface area contributed by atoms with Crippen LogP contribution in [0.3, 0.4) is 0 Å². The van der Waals surface area contributed by atoms with E-state index in [1.807, 2.05) is 6.07 Å². The van der Waals surface area contributed by atoms with E-state index in [-0.39, 0.29) is 16.2 Å². The molecule has 1 aliphatic heterocycles. The van der Waals surface area contributed by atoms with Gasteiger partial charge in [-0.05, 0) is 41.5 Å². The molecule has 0 fully saturated rings. The number of anilines is 1. The van der Waals surface area contributed by atoms with E-state index < -0.39 is 15.7 Å². The molecular formula is C18H11ClN2O3S. The van der Waals surface area contributed by atoms with E-state index in [4.69, 9.17) is 11.6 Å². The predicted molar refractivity (Wildman–Crippen MR) is 96.3 cm³/mol. The topological polar surface area (TPSA) is 87.0 Å². The lowest BCUT2D eigenvalue weighted by molar-refractivity contribution is -0.112. The van der Waals surface area contributed by atoms with Crippen molar-refractivity contribution in [3.05, 3.63) is 69.6 Å². The van der Waals surface area contributed by atoms with Crippen LogP contribution in [-0.4, -0.2) is 14.3 Å². The van der Waals surface area contributed by atoms with Gasteiger partial charge in [0.1, 0.15) is 11.6 Å². The highest BCUT2D eigenvalue weighted by Gasteiger charge is 2.21. The number of halogens is 1. The lowest BCUT2D eigenvalue weighted by atomic mass is 10.1. The van der Waals surface area contributed by atoms with Gasteiger partial charge in [-0.15, -0.1) is 0 Å². The second kappa shape index (κ2) is 6.55. The average Bonchev–Trinajstić information content (AvgIpc) is 2.89. The number of nitriles is 1. The zero-order valence-electron chi connectivity index (χ0n) is 12.7. The molecule has 0 bridgehead atoms. The summed E-state index contributed by atoms with van der Waals surface area (Å²) in [6.07, 6.45) is 2.87. The van der Waals surface area contributed by atoms with Gasteiger partial charge in [0.05, 0.1) is 4.90 Å². The summed E-state index contributed by atoms with van der Waals surface area (Å²) in [5.74, 6) is -0.647. The van der Waals surface area contributed by atoms with Crippen LogP contribution in [0.5, 0.6) is 0 Å². The molecule has 0 atom stereocenters. The van der Waals surface area contributed by atoms with Crippen molar-refractivity contribution in [3.8, 4) is 6.07 Å². The van der Waals surface area contributed by atoms with Crippen molar-refractivity contribution in [3.63, 3.8) is 0 Å². The third kappa shape index (κ3) is 3.48. The molecule has 1 heterocycles. The molecule has 0 aliphatic carbocycles. The monoisotopic (exact) mass is 370 g/mol. The third-order valence-electron chi connectivity index (χ3n) is 3.57. The van der Waals surface area contributed by atoms with Gasteiger partial charge < -0.3 is 5.32 Å². The van der Waals surface area contributed by atoms with E-state index in [1.54, 1.807) is 36.4 Å². The minimum atomic E-state index is -3.47. The van der Waals surface area contributed by atoms with E-state index >= 15 is 0 Å². The van der Waals surface area contributed by atoms with E-state index in [9.17, 15) is 18.5 Å². The van der Waals surface area contributed by atoms with E-state index in [0.29, 0.717) is 16.1 Å². The number of rotatable bonds is 3. The molecule has 0 aromatic heterocycles. The van der Waals surface area contributed by atoms with E-state index in [2.05, 4.69) is 5.32 Å². The van der Waals surface area contributed by atoms with Crippen molar-refractivity contribution in [1.29, 1.82) is 5.26 Å². The first-order valence-electron chi connectivity index (χ1n) is 7.15. The molecule has 0 saturated carbocycles. The molecular weight excluding hydrogens is 360 g/mol. The van der Waals surface area contributed by atoms with Crippen molar-refractivity contribution < 1.29 is 13.2 Å². The lowest BCUT2D eigenvalue weighted by Crippen LogP contribution is -2.13. The Kier molecular flexibility index (Phi) is 4.45. The number of nitrogens with zero attached hydrogens (tertiary/aromatic N) is 1. The Morgan fingerprint density at radius 1 is 1.20 bits per heavy atom. The van der Waals surface area contributed by atoms with Crippen molar-refractivity contribution in [2.45, 2.75) is 4.90 Å². The molecule has 124 valence electrons. The molecule has 5 nitrogen and oxygen atoms in total. The molecule has 1 aliphatic rings. The van der Waals surface area contributed by atoms with Crippen LogP contribution in [0.4, 0.5) is 5.69 Å². The number of hydrogen-bond donors (Lipinski definition) is 1. The fourth-order valence-corrected chi connectivity index (χ4v) is 3.75. The first-order chi connectivity index (χ1) is 11.9. The standard InChI is InChI=1S/C18H11ClN2O3S/c19-16-4-2-1-3-13(16)9-14(11-20)18(22)21-15-6-5-12-7-8-25(23,24)17(12)10-15/h1-10H,(H,21,22)/b14-9+. The summed E-state index contributed by atoms with van der Waals surface area (Å²) in [5, 5.41) is 13.3. The molecule has 1 N–H and O–H groups in total. The van der Waals surface area contributed by atoms with E-state index in [1.165, 1.54) is 18.2 Å². The van der Waals surface area contributed by atoms with Gasteiger partial charge in [0, 0.05) is 16.1 Å². The number of carbonyl (C=O) groups excluding carboxylic acids is 1. The van der Waals surface area contributed by atoms with Crippen molar-refractivity contribution in [1.82, 2.24) is 0 Å². The van der Waals surface area contributed by atoms with Crippen molar-refractivity contribution >= 4 is 45.2 Å². The molecule has 7 heteroatoms. The Balaban J connectivity index is 1.88. The van der Waals surface area contributed by atoms with Crippen LogP contribution < -0.4 is 5.32 Å². The fraction of sp³-hybridized carbons (Fsp3) is 0. The first-order valence-corrected chi connectivity index (χ1v) is 9.08. The maximum absolute atomic E-state index is 12.3. The van der Waals surface area contributed by atoms with Crippen LogP contribution in [0.15, 0.2) is 58.3 Å². The van der Waals surface area contributed by atoms with E-state index in [0.717, 1.165) is 5.41 Å². The molecule has 0 radical (unpaired) electrons. The first kappa shape index (κ1) is 17.0. The van der Waals surface area contributed by atoms with Crippen LogP contribution >= 0.6 is 11.6 Å². The fourth-order valence-electron chi connectivity index (χ4n) is 2.33. The highest BCUT2D eigenvalue weighted by Crippen LogP contribution is 2.29. The van der Waals surface area contributed by atoms with Gasteiger partial charge >= 0.3 is 0 Å². The van der Waals surface area contributed by atoms with Crippen molar-refractivity contribution in [2.75, 3.05) is 5.32 Å². The number of amides is 1. The molecule has 3 rings (SSSR count). The molecule has 0 unspecified atom stereocenters. The van der Waals surface area contributed by atoms with Crippen LogP contribution in [0.25, 0.3) is 12.2 Å². The Bertz CT molecular complexity index is 1080. The molecule has 2 aromatic rings. The Hall–Kier alpha value is -2.88. The summed E-state index contributed by atoms with van der Waals surface area (Å²) >= 11 is 6.03. The Morgan fingerprint density at radius 3 is 2.68 bits per heavy atom. The minimum Gasteiger partial charge on any atom is -0.321 e. The molecule has 0 saturated heterocycles. The highest BCUT2D eigenvalue weighted by atomic mass is 35.5. The van der Waals surface area contributed by atoms with Gasteiger partial charge in [0.2, 0.25) is 9.84 Å². The van der Waals surface area contributed by atoms with Gasteiger partial charge in [-0.1, -0.05) is 35.9 Å². The Labute approximate surface area is 149 Å². The van der Waals surface area contributed by atoms with Gasteiger partial charge in [-0.3, -0.25) is 4.79 Å². The zero-order valence-corrected chi connectivity index (χ0v) is 14.3. The van der Waals surface area contributed by atoms with Gasteiger partial charge in [0.15, 0.2) is 0 Å². The number of benzene rings is 2. The summed E-state index contributed by atoms with van der Waals surface area (Å²) in [6, 6.07) is 13.2. The minimum absolute atomic E-state index is 0.124. The third-order valence-corrected chi connectivity index (χ3v) is 5.38. The predicted octanol–water partition coefficient (Wildman–Crippen LogP) is 3.64. The molecule has 25 heavy (non-hydrogen) atoms. The molecule has 0 spiro atoms.